The van der Waals surface area contributed by atoms with E-state index >= 15 is 0 Å². The van der Waals surface area contributed by atoms with E-state index in [1.54, 1.807) is 28.9 Å². The van der Waals surface area contributed by atoms with Crippen molar-refractivity contribution in [2.45, 2.75) is 129 Å². The van der Waals surface area contributed by atoms with Gasteiger partial charge in [-0.1, -0.05) is 139 Å². The molecule has 0 unspecified atom stereocenters. The first kappa shape index (κ1) is 45.5. The summed E-state index contributed by atoms with van der Waals surface area (Å²) in [6, 6.07) is 41.6. The molecule has 2 aliphatic rings. The zero-order chi connectivity index (χ0) is 37.5. The summed E-state index contributed by atoms with van der Waals surface area (Å²) in [4.78, 5) is 0. The number of rotatable bonds is 5. The average molecular weight is 865 g/mol. The number of hydrogen-bond acceptors (Lipinski definition) is 0. The van der Waals surface area contributed by atoms with Gasteiger partial charge in [-0.2, -0.15) is 12.1 Å². The second kappa shape index (κ2) is 21.0. The van der Waals surface area contributed by atoms with E-state index in [4.69, 9.17) is 0 Å². The maximum absolute atomic E-state index is 2.48. The van der Waals surface area contributed by atoms with E-state index in [9.17, 15) is 0 Å². The molecule has 0 spiro atoms. The zero-order valence-corrected chi connectivity index (χ0v) is 39.4. The molecule has 0 saturated heterocycles. The molecule has 8 rings (SSSR count). The van der Waals surface area contributed by atoms with Gasteiger partial charge in [0.15, 0.2) is 0 Å². The Labute approximate surface area is 361 Å². The van der Waals surface area contributed by atoms with Gasteiger partial charge in [-0.05, 0) is 77.5 Å². The molecular weight excluding hydrogens is 803 g/mol. The smallest absolute Gasteiger partial charge is 1.00 e. The predicted octanol–water partition coefficient (Wildman–Crippen LogP) is 9.45. The maximum Gasteiger partial charge on any atom is -1.00 e. The van der Waals surface area contributed by atoms with Crippen LogP contribution in [0.15, 0.2) is 109 Å². The summed E-state index contributed by atoms with van der Waals surface area (Å²) in [5.74, 6) is 2.46. The van der Waals surface area contributed by atoms with Gasteiger partial charge in [0.1, 0.15) is 0 Å². The topological polar surface area (TPSA) is 0 Å². The van der Waals surface area contributed by atoms with Crippen LogP contribution >= 0.6 is 0 Å². The third-order valence-electron chi connectivity index (χ3n) is 11.8. The summed E-state index contributed by atoms with van der Waals surface area (Å²) in [5.41, 5.74) is 11.8. The van der Waals surface area contributed by atoms with E-state index in [-0.39, 0.29) is 35.7 Å². The second-order valence-electron chi connectivity index (χ2n) is 17.4. The van der Waals surface area contributed by atoms with Gasteiger partial charge in [-0.25, -0.2) is 0 Å². The van der Waals surface area contributed by atoms with E-state index in [0.717, 1.165) is 24.2 Å². The van der Waals surface area contributed by atoms with E-state index < -0.39 is 0 Å². The molecule has 0 aromatic heterocycles. The molecule has 0 nitrogen and oxygen atoms in total. The van der Waals surface area contributed by atoms with Gasteiger partial charge in [0, 0.05) is 0 Å². The number of fused-ring (bicyclic) bond motifs is 2. The van der Waals surface area contributed by atoms with Gasteiger partial charge >= 0.3 is 41.9 Å². The Hall–Kier alpha value is -2.22. The number of benzene rings is 4. The summed E-state index contributed by atoms with van der Waals surface area (Å²) in [6.07, 6.45) is 13.6. The molecule has 2 fully saturated rings. The summed E-state index contributed by atoms with van der Waals surface area (Å²) in [7, 11) is 0. The molecule has 0 bridgehead atoms. The molecule has 0 radical (unpaired) electrons. The minimum Gasteiger partial charge on any atom is -1.00 e. The van der Waals surface area contributed by atoms with Crippen LogP contribution in [0, 0.1) is 5.92 Å². The van der Waals surface area contributed by atoms with E-state index in [1.807, 2.05) is 0 Å². The Morgan fingerprint density at radius 1 is 0.636 bits per heavy atom. The van der Waals surface area contributed by atoms with Crippen LogP contribution in [0.4, 0.5) is 0 Å². The van der Waals surface area contributed by atoms with Gasteiger partial charge in [0.2, 0.25) is 0 Å². The Balaban J connectivity index is 0.000000217. The van der Waals surface area contributed by atoms with Gasteiger partial charge in [0.25, 0.3) is 0 Å². The van der Waals surface area contributed by atoms with Crippen LogP contribution in [0.2, 0.25) is 13.1 Å². The fraction of sp³-hybridized carbons (Fsp3) is 0.412. The van der Waals surface area contributed by atoms with Gasteiger partial charge in [0.05, 0.1) is 0 Å². The molecule has 2 saturated carbocycles. The Morgan fingerprint density at radius 3 is 1.67 bits per heavy atom. The molecule has 290 valence electrons. The van der Waals surface area contributed by atoms with Crippen LogP contribution in [0.3, 0.4) is 0 Å². The molecular formula is C51H62Cl2SiZr-2. The fourth-order valence-corrected chi connectivity index (χ4v) is 8.61. The quantitative estimate of drug-likeness (QED) is 0.120. The molecule has 55 heavy (non-hydrogen) atoms. The Kier molecular flexibility index (Phi) is 17.3. The van der Waals surface area contributed by atoms with Crippen LogP contribution in [0.25, 0.3) is 43.8 Å². The zero-order valence-electron chi connectivity index (χ0n) is 34.5. The second-order valence-corrected chi connectivity index (χ2v) is 26.7. The van der Waals surface area contributed by atoms with Crippen LogP contribution in [0.1, 0.15) is 126 Å². The maximum atomic E-state index is 2.48. The van der Waals surface area contributed by atoms with E-state index in [2.05, 4.69) is 157 Å². The van der Waals surface area contributed by atoms with Crippen molar-refractivity contribution in [1.82, 2.24) is 0 Å². The van der Waals surface area contributed by atoms with Crippen molar-refractivity contribution >= 4 is 27.0 Å². The first-order valence-electron chi connectivity index (χ1n) is 20.6. The minimum atomic E-state index is 0. The van der Waals surface area contributed by atoms with E-state index in [1.165, 1.54) is 118 Å². The molecule has 4 heteroatoms. The third-order valence-corrected chi connectivity index (χ3v) is 11.8. The molecule has 0 heterocycles. The third kappa shape index (κ3) is 11.9. The molecule has 6 aromatic rings. The van der Waals surface area contributed by atoms with Crippen molar-refractivity contribution in [2.24, 2.45) is 5.92 Å². The van der Waals surface area contributed by atoms with Crippen molar-refractivity contribution in [3.8, 4) is 22.3 Å². The summed E-state index contributed by atoms with van der Waals surface area (Å²) in [6.45, 7) is 16.1. The van der Waals surface area contributed by atoms with Gasteiger partial charge in [-0.3, -0.25) is 0 Å². The summed E-state index contributed by atoms with van der Waals surface area (Å²) < 4.78 is 0. The van der Waals surface area contributed by atoms with E-state index in [0.29, 0.717) is 0 Å². The molecule has 0 amide bonds. The first-order chi connectivity index (χ1) is 25.5. The van der Waals surface area contributed by atoms with Gasteiger partial charge in [-0.15, -0.1) is 69.1 Å². The monoisotopic (exact) mass is 862 g/mol. The molecule has 2 aliphatic carbocycles. The standard InChI is InChI=1S/C26H31.C23H25.C2H6Si.2ClH.Zr/c1-18-8-10-19(11-9-18)22-16-21-6-5-7-24(25(21)17-22)20-12-14-23(15-13-20)26(2,3)4;1-2-17-15-21-9-6-10-22(23(21)16-17)20-13-11-19(12-14-20)18-7-4-3-5-8-18;1-3-2;;;/h5-7,12-19H,8-11H2,1-4H3;6,9-16,18H,2-5,7-8H2,1H3;1-2H3;2*1H;/q2*-1;;;;+2/p-2. The Bertz CT molecular complexity index is 2080. The van der Waals surface area contributed by atoms with Crippen LogP contribution in [-0.4, -0.2) is 5.43 Å². The van der Waals surface area contributed by atoms with Crippen LogP contribution in [0.5, 0.6) is 0 Å². The van der Waals surface area contributed by atoms with Gasteiger partial charge < -0.3 is 24.8 Å². The SMILES string of the molecule is CC1CCC(c2cc3c(-c4ccc(C(C)(C)C)cc4)cccc3[cH-]2)CC1.CCc1cc2c(-c3ccc(C4CCCCC4)cc3)cccc2[cH-]1.C[Si](C)=[Zr+2].[Cl-].[Cl-]. The minimum absolute atomic E-state index is 0. The number of halogens is 2. The van der Waals surface area contributed by atoms with Crippen molar-refractivity contribution in [3.63, 3.8) is 0 Å². The number of hydrogen-bond donors (Lipinski definition) is 0. The van der Waals surface area contributed by atoms with Crippen molar-refractivity contribution in [3.05, 3.63) is 131 Å². The van der Waals surface area contributed by atoms with Crippen LogP contribution in [-0.2, 0) is 35.2 Å². The van der Waals surface area contributed by atoms with Crippen molar-refractivity contribution in [2.75, 3.05) is 0 Å². The molecule has 0 N–H and O–H groups in total. The summed E-state index contributed by atoms with van der Waals surface area (Å²) in [5, 5.41) is 5.59. The molecule has 0 aliphatic heterocycles. The first-order valence-corrected chi connectivity index (χ1v) is 26.8. The fourth-order valence-electron chi connectivity index (χ4n) is 8.61. The normalized spacial score (nSPS) is 17.3. The van der Waals surface area contributed by atoms with Crippen molar-refractivity contribution in [1.29, 1.82) is 0 Å². The van der Waals surface area contributed by atoms with Crippen molar-refractivity contribution < 1.29 is 48.1 Å². The molecule has 0 atom stereocenters. The van der Waals surface area contributed by atoms with Crippen LogP contribution < -0.4 is 24.8 Å². The Morgan fingerprint density at radius 2 is 1.15 bits per heavy atom. The number of aryl methyl sites for hydroxylation is 1. The average Bonchev–Trinajstić information content (AvgIpc) is 3.80. The predicted molar refractivity (Wildman–Crippen MR) is 232 cm³/mol. The summed E-state index contributed by atoms with van der Waals surface area (Å²) >= 11 is 1.74. The largest absolute Gasteiger partial charge is 1.00 e. The molecule has 6 aromatic carbocycles.